The number of carbonyl (C=O) groups is 1. The maximum atomic E-state index is 13.2. The first-order valence-electron chi connectivity index (χ1n) is 9.45. The van der Waals surface area contributed by atoms with Gasteiger partial charge in [0.25, 0.3) is 5.91 Å². The number of anilines is 1. The Bertz CT molecular complexity index is 1210. The summed E-state index contributed by atoms with van der Waals surface area (Å²) in [6, 6.07) is 3.85. The zero-order valence-corrected chi connectivity index (χ0v) is 18.1. The van der Waals surface area contributed by atoms with Crippen LogP contribution in [0.2, 0.25) is 0 Å². The van der Waals surface area contributed by atoms with Crippen LogP contribution >= 0.6 is 11.3 Å². The van der Waals surface area contributed by atoms with E-state index in [4.69, 9.17) is 9.40 Å². The molecule has 0 unspecified atom stereocenters. The number of nitrogens with zero attached hydrogens (tertiary/aromatic N) is 4. The summed E-state index contributed by atoms with van der Waals surface area (Å²) < 4.78 is 7.51. The number of carbonyl (C=O) groups excluding carboxylic acids is 1. The second-order valence-electron chi connectivity index (χ2n) is 7.42. The van der Waals surface area contributed by atoms with Crippen molar-refractivity contribution in [2.75, 3.05) is 5.32 Å². The zero-order valence-electron chi connectivity index (χ0n) is 17.3. The summed E-state index contributed by atoms with van der Waals surface area (Å²) in [4.78, 5) is 23.5. The van der Waals surface area contributed by atoms with Crippen LogP contribution in [0.3, 0.4) is 0 Å². The fraction of sp³-hybridized carbons (Fsp3) is 0.333. The van der Waals surface area contributed by atoms with E-state index in [0.29, 0.717) is 27.4 Å². The Balaban J connectivity index is 1.87. The molecule has 29 heavy (non-hydrogen) atoms. The third-order valence-electron chi connectivity index (χ3n) is 4.87. The lowest BCUT2D eigenvalue weighted by molar-refractivity contribution is 0.102. The number of amides is 1. The van der Waals surface area contributed by atoms with E-state index < -0.39 is 0 Å². The van der Waals surface area contributed by atoms with Gasteiger partial charge in [0.2, 0.25) is 0 Å². The minimum absolute atomic E-state index is 0.114. The number of furan rings is 1. The van der Waals surface area contributed by atoms with Crippen molar-refractivity contribution in [2.45, 2.75) is 47.6 Å². The molecule has 4 heterocycles. The number of aryl methyl sites for hydroxylation is 4. The Morgan fingerprint density at radius 1 is 1.17 bits per heavy atom. The molecule has 0 aliphatic rings. The van der Waals surface area contributed by atoms with Crippen molar-refractivity contribution in [2.24, 2.45) is 0 Å². The number of nitrogens with one attached hydrogen (secondary N) is 1. The van der Waals surface area contributed by atoms with Gasteiger partial charge in [0.05, 0.1) is 28.5 Å². The van der Waals surface area contributed by atoms with Crippen LogP contribution in [-0.2, 0) is 0 Å². The van der Waals surface area contributed by atoms with Crippen LogP contribution < -0.4 is 5.32 Å². The smallest absolute Gasteiger partial charge is 0.258 e. The van der Waals surface area contributed by atoms with Crippen molar-refractivity contribution >= 4 is 33.4 Å². The quantitative estimate of drug-likeness (QED) is 0.500. The lowest BCUT2D eigenvalue weighted by Crippen LogP contribution is -2.13. The van der Waals surface area contributed by atoms with E-state index >= 15 is 0 Å². The van der Waals surface area contributed by atoms with Gasteiger partial charge in [0.1, 0.15) is 11.5 Å². The van der Waals surface area contributed by atoms with E-state index in [-0.39, 0.29) is 11.9 Å². The van der Waals surface area contributed by atoms with Crippen molar-refractivity contribution in [3.8, 4) is 11.3 Å². The second kappa shape index (κ2) is 7.11. The lowest BCUT2D eigenvalue weighted by Gasteiger charge is -2.10. The fourth-order valence-electron chi connectivity index (χ4n) is 3.30. The maximum Gasteiger partial charge on any atom is 0.258 e. The number of aromatic nitrogens is 4. The van der Waals surface area contributed by atoms with Gasteiger partial charge >= 0.3 is 0 Å². The van der Waals surface area contributed by atoms with Crippen molar-refractivity contribution in [3.63, 3.8) is 0 Å². The highest BCUT2D eigenvalue weighted by atomic mass is 32.1. The topological polar surface area (TPSA) is 85.8 Å². The van der Waals surface area contributed by atoms with Crippen LogP contribution in [0.1, 0.15) is 52.3 Å². The average molecular weight is 410 g/mol. The zero-order chi connectivity index (χ0) is 20.9. The number of hydrogen-bond donors (Lipinski definition) is 1. The molecule has 0 bridgehead atoms. The summed E-state index contributed by atoms with van der Waals surface area (Å²) in [5, 5.41) is 8.69. The van der Waals surface area contributed by atoms with E-state index in [2.05, 4.69) is 15.4 Å². The molecule has 0 saturated carbocycles. The van der Waals surface area contributed by atoms with Crippen molar-refractivity contribution in [1.29, 1.82) is 0 Å². The van der Waals surface area contributed by atoms with Gasteiger partial charge in [-0.1, -0.05) is 0 Å². The minimum atomic E-state index is -0.228. The number of rotatable bonds is 4. The molecule has 0 aliphatic carbocycles. The Labute approximate surface area is 172 Å². The molecule has 1 amide bonds. The highest BCUT2D eigenvalue weighted by Crippen LogP contribution is 2.31. The van der Waals surface area contributed by atoms with Gasteiger partial charge < -0.3 is 4.42 Å². The van der Waals surface area contributed by atoms with Crippen LogP contribution in [-0.4, -0.2) is 25.7 Å². The SMILES string of the molecule is Cc1cc(-c2cc(C(=O)Nc3nc(C)c(C)s3)c3cnn(C(C)C)c3n2)c(C)o1. The van der Waals surface area contributed by atoms with E-state index in [1.165, 1.54) is 11.3 Å². The Morgan fingerprint density at radius 3 is 2.52 bits per heavy atom. The number of hydrogen-bond acceptors (Lipinski definition) is 6. The van der Waals surface area contributed by atoms with E-state index in [1.807, 2.05) is 52.3 Å². The molecule has 0 spiro atoms. The molecule has 0 radical (unpaired) electrons. The van der Waals surface area contributed by atoms with Gasteiger partial charge in [-0.05, 0) is 53.7 Å². The molecule has 8 heteroatoms. The molecule has 4 aromatic heterocycles. The van der Waals surface area contributed by atoms with E-state index in [9.17, 15) is 4.79 Å². The third kappa shape index (κ3) is 3.44. The van der Waals surface area contributed by atoms with Gasteiger partial charge in [-0.25, -0.2) is 14.6 Å². The predicted molar refractivity (Wildman–Crippen MR) is 115 cm³/mol. The van der Waals surface area contributed by atoms with Gasteiger partial charge in [-0.2, -0.15) is 5.10 Å². The van der Waals surface area contributed by atoms with E-state index in [1.54, 1.807) is 12.3 Å². The number of pyridine rings is 1. The second-order valence-corrected chi connectivity index (χ2v) is 8.62. The summed E-state index contributed by atoms with van der Waals surface area (Å²) in [6.07, 6.45) is 1.70. The third-order valence-corrected chi connectivity index (χ3v) is 5.85. The Hall–Kier alpha value is -3.00. The summed E-state index contributed by atoms with van der Waals surface area (Å²) in [6.45, 7) is 11.8. The molecule has 4 rings (SSSR count). The van der Waals surface area contributed by atoms with Gasteiger partial charge in [-0.15, -0.1) is 11.3 Å². The molecule has 0 aromatic carbocycles. The van der Waals surface area contributed by atoms with Gasteiger partial charge in [0.15, 0.2) is 10.8 Å². The highest BCUT2D eigenvalue weighted by molar-refractivity contribution is 7.15. The average Bonchev–Trinajstić information content (AvgIpc) is 3.31. The molecule has 0 fully saturated rings. The standard InChI is InChI=1S/C21H23N5O2S/c1-10(2)26-19-17(9-22-26)16(20(27)25-21-23-12(4)14(6)29-21)8-18(24-19)15-7-11(3)28-13(15)5/h7-10H,1-6H3,(H,23,25,27). The first kappa shape index (κ1) is 19.3. The van der Waals surface area contributed by atoms with E-state index in [0.717, 1.165) is 27.7 Å². The van der Waals surface area contributed by atoms with Gasteiger partial charge in [-0.3, -0.25) is 10.1 Å². The maximum absolute atomic E-state index is 13.2. The van der Waals surface area contributed by atoms with Crippen LogP contribution in [0.4, 0.5) is 5.13 Å². The van der Waals surface area contributed by atoms with Crippen LogP contribution in [0, 0.1) is 27.7 Å². The molecular formula is C21H23N5O2S. The molecule has 1 N–H and O–H groups in total. The number of fused-ring (bicyclic) bond motifs is 1. The summed E-state index contributed by atoms with van der Waals surface area (Å²) in [7, 11) is 0. The Morgan fingerprint density at radius 2 is 1.93 bits per heavy atom. The summed E-state index contributed by atoms with van der Waals surface area (Å²) in [5.74, 6) is 1.34. The largest absolute Gasteiger partial charge is 0.466 e. The van der Waals surface area contributed by atoms with Crippen molar-refractivity contribution in [3.05, 3.63) is 46.0 Å². The molecule has 0 atom stereocenters. The van der Waals surface area contributed by atoms with Crippen LogP contribution in [0.5, 0.6) is 0 Å². The lowest BCUT2D eigenvalue weighted by atomic mass is 10.1. The van der Waals surface area contributed by atoms with Gasteiger partial charge in [0, 0.05) is 16.5 Å². The van der Waals surface area contributed by atoms with Crippen molar-refractivity contribution in [1.82, 2.24) is 19.7 Å². The molecule has 0 saturated heterocycles. The molecule has 7 nitrogen and oxygen atoms in total. The van der Waals surface area contributed by atoms with Crippen molar-refractivity contribution < 1.29 is 9.21 Å². The minimum Gasteiger partial charge on any atom is -0.466 e. The molecule has 0 aliphatic heterocycles. The summed E-state index contributed by atoms with van der Waals surface area (Å²) >= 11 is 1.46. The highest BCUT2D eigenvalue weighted by Gasteiger charge is 2.21. The first-order chi connectivity index (χ1) is 13.7. The molecular weight excluding hydrogens is 386 g/mol. The number of thiazole rings is 1. The molecule has 4 aromatic rings. The van der Waals surface area contributed by atoms with Crippen LogP contribution in [0.25, 0.3) is 22.3 Å². The molecule has 150 valence electrons. The fourth-order valence-corrected chi connectivity index (χ4v) is 4.11. The first-order valence-corrected chi connectivity index (χ1v) is 10.3. The summed E-state index contributed by atoms with van der Waals surface area (Å²) in [5.41, 5.74) is 3.66. The Kier molecular flexibility index (Phi) is 4.74. The predicted octanol–water partition coefficient (Wildman–Crippen LogP) is 5.21. The monoisotopic (exact) mass is 409 g/mol. The normalized spacial score (nSPS) is 11.6. The van der Waals surface area contributed by atoms with Crippen LogP contribution in [0.15, 0.2) is 22.7 Å².